The van der Waals surface area contributed by atoms with Crippen LogP contribution in [0.5, 0.6) is 5.75 Å². The number of benzene rings is 1. The highest BCUT2D eigenvalue weighted by molar-refractivity contribution is 5.98. The van der Waals surface area contributed by atoms with Gasteiger partial charge in [0.2, 0.25) is 5.91 Å². The van der Waals surface area contributed by atoms with Gasteiger partial charge in [0.05, 0.1) is 11.0 Å². The molecule has 1 fully saturated rings. The average Bonchev–Trinajstić information content (AvgIpc) is 2.41. The van der Waals surface area contributed by atoms with Gasteiger partial charge in [-0.25, -0.2) is 0 Å². The molecular weight excluding hydrogens is 250 g/mol. The zero-order valence-electron chi connectivity index (χ0n) is 10.3. The van der Waals surface area contributed by atoms with Crippen molar-refractivity contribution in [1.82, 2.24) is 5.32 Å². The molecule has 1 aliphatic heterocycles. The third-order valence-corrected chi connectivity index (χ3v) is 3.09. The molecule has 19 heavy (non-hydrogen) atoms. The van der Waals surface area contributed by atoms with Crippen LogP contribution in [0.3, 0.4) is 0 Å². The first kappa shape index (κ1) is 13.3. The molecule has 0 saturated carbocycles. The number of nitrogens with zero attached hydrogens (tertiary/aromatic N) is 1. The van der Waals surface area contributed by atoms with Crippen LogP contribution in [0.25, 0.3) is 0 Å². The van der Waals surface area contributed by atoms with Crippen molar-refractivity contribution in [1.29, 1.82) is 0 Å². The number of rotatable bonds is 3. The van der Waals surface area contributed by atoms with Crippen molar-refractivity contribution in [2.24, 2.45) is 0 Å². The number of phenolic OH excluding ortho intramolecular Hbond substituents is 1. The predicted molar refractivity (Wildman–Crippen MR) is 69.0 cm³/mol. The Morgan fingerprint density at radius 3 is 2.89 bits per heavy atom. The highest BCUT2D eigenvalue weighted by Gasteiger charge is 2.25. The Balaban J connectivity index is 2.18. The fraction of sp³-hybridized carbons (Fsp3) is 0.417. The Morgan fingerprint density at radius 1 is 1.47 bits per heavy atom. The van der Waals surface area contributed by atoms with Gasteiger partial charge >= 0.3 is 0 Å². The van der Waals surface area contributed by atoms with E-state index in [9.17, 15) is 20.0 Å². The zero-order valence-corrected chi connectivity index (χ0v) is 10.3. The van der Waals surface area contributed by atoms with Crippen molar-refractivity contribution in [3.63, 3.8) is 0 Å². The van der Waals surface area contributed by atoms with E-state index in [2.05, 4.69) is 10.6 Å². The Hall–Kier alpha value is -2.15. The molecule has 1 amide bonds. The molecule has 0 radical (unpaired) electrons. The second-order valence-electron chi connectivity index (χ2n) is 4.42. The Bertz CT molecular complexity index is 498. The SMILES string of the molecule is O=C(Nc1c(O)cccc1[N+](=O)[O-])[C@H]1CCCCN1. The lowest BCUT2D eigenvalue weighted by Gasteiger charge is -2.22. The molecule has 3 N–H and O–H groups in total. The smallest absolute Gasteiger partial charge is 0.296 e. The lowest BCUT2D eigenvalue weighted by molar-refractivity contribution is -0.384. The molecule has 0 bridgehead atoms. The maximum atomic E-state index is 12.0. The van der Waals surface area contributed by atoms with Crippen LogP contribution >= 0.6 is 0 Å². The van der Waals surface area contributed by atoms with E-state index in [1.54, 1.807) is 0 Å². The highest BCUT2D eigenvalue weighted by Crippen LogP contribution is 2.33. The van der Waals surface area contributed by atoms with Gasteiger partial charge in [0.15, 0.2) is 5.69 Å². The van der Waals surface area contributed by atoms with E-state index in [-0.39, 0.29) is 29.1 Å². The second kappa shape index (κ2) is 5.66. The first-order chi connectivity index (χ1) is 9.09. The van der Waals surface area contributed by atoms with Crippen molar-refractivity contribution >= 4 is 17.3 Å². The van der Waals surface area contributed by atoms with Gasteiger partial charge in [0.1, 0.15) is 5.75 Å². The summed E-state index contributed by atoms with van der Waals surface area (Å²) in [4.78, 5) is 22.2. The number of anilines is 1. The van der Waals surface area contributed by atoms with E-state index < -0.39 is 4.92 Å². The number of amides is 1. The minimum Gasteiger partial charge on any atom is -0.505 e. The van der Waals surface area contributed by atoms with Gasteiger partial charge in [0.25, 0.3) is 5.69 Å². The quantitative estimate of drug-likeness (QED) is 0.435. The molecule has 1 aromatic carbocycles. The number of carbonyl (C=O) groups excluding carboxylic acids is 1. The van der Waals surface area contributed by atoms with Crippen LogP contribution in [0.4, 0.5) is 11.4 Å². The first-order valence-electron chi connectivity index (χ1n) is 6.10. The molecule has 0 aliphatic carbocycles. The number of piperidine rings is 1. The minimum atomic E-state index is -0.635. The fourth-order valence-electron chi connectivity index (χ4n) is 2.09. The summed E-state index contributed by atoms with van der Waals surface area (Å²) in [6, 6.07) is 3.54. The van der Waals surface area contributed by atoms with E-state index in [0.29, 0.717) is 6.42 Å². The standard InChI is InChI=1S/C12H15N3O4/c16-10-6-3-5-9(15(18)19)11(10)14-12(17)8-4-1-2-7-13-8/h3,5-6,8,13,16H,1-2,4,7H2,(H,14,17)/t8-/m1/s1. The highest BCUT2D eigenvalue weighted by atomic mass is 16.6. The van der Waals surface area contributed by atoms with Gasteiger partial charge in [-0.15, -0.1) is 0 Å². The summed E-state index contributed by atoms with van der Waals surface area (Å²) in [6.07, 6.45) is 2.64. The Kier molecular flexibility index (Phi) is 3.96. The van der Waals surface area contributed by atoms with Crippen LogP contribution in [-0.2, 0) is 4.79 Å². The third-order valence-electron chi connectivity index (χ3n) is 3.09. The number of nitro groups is 1. The van der Waals surface area contributed by atoms with Gasteiger partial charge in [-0.05, 0) is 25.5 Å². The Labute approximate surface area is 109 Å². The van der Waals surface area contributed by atoms with E-state index in [1.807, 2.05) is 0 Å². The number of hydrogen-bond donors (Lipinski definition) is 3. The summed E-state index contributed by atoms with van der Waals surface area (Å²) in [5.74, 6) is -0.664. The molecule has 0 unspecified atom stereocenters. The van der Waals surface area contributed by atoms with Crippen molar-refractivity contribution in [2.75, 3.05) is 11.9 Å². The van der Waals surface area contributed by atoms with Gasteiger partial charge in [0, 0.05) is 6.07 Å². The number of phenols is 1. The van der Waals surface area contributed by atoms with Crippen molar-refractivity contribution in [3.05, 3.63) is 28.3 Å². The van der Waals surface area contributed by atoms with Crippen LogP contribution in [0.1, 0.15) is 19.3 Å². The van der Waals surface area contributed by atoms with Crippen LogP contribution in [0.15, 0.2) is 18.2 Å². The number of nitro benzene ring substituents is 1. The number of para-hydroxylation sites is 1. The third kappa shape index (κ3) is 3.00. The fourth-order valence-corrected chi connectivity index (χ4v) is 2.09. The van der Waals surface area contributed by atoms with E-state index in [0.717, 1.165) is 19.4 Å². The number of hydrogen-bond acceptors (Lipinski definition) is 5. The number of aromatic hydroxyl groups is 1. The lowest BCUT2D eigenvalue weighted by atomic mass is 10.0. The number of carbonyl (C=O) groups is 1. The number of nitrogens with one attached hydrogen (secondary N) is 2. The average molecular weight is 265 g/mol. The largest absolute Gasteiger partial charge is 0.505 e. The van der Waals surface area contributed by atoms with Gasteiger partial charge in [-0.3, -0.25) is 14.9 Å². The summed E-state index contributed by atoms with van der Waals surface area (Å²) in [6.45, 7) is 0.751. The second-order valence-corrected chi connectivity index (χ2v) is 4.42. The van der Waals surface area contributed by atoms with Crippen molar-refractivity contribution in [3.8, 4) is 5.75 Å². The monoisotopic (exact) mass is 265 g/mol. The molecule has 7 nitrogen and oxygen atoms in total. The normalized spacial score (nSPS) is 18.8. The van der Waals surface area contributed by atoms with Crippen LogP contribution in [-0.4, -0.2) is 28.5 Å². The molecule has 1 heterocycles. The topological polar surface area (TPSA) is 104 Å². The molecule has 0 spiro atoms. The molecular formula is C12H15N3O4. The maximum absolute atomic E-state index is 12.0. The summed E-state index contributed by atoms with van der Waals surface area (Å²) in [7, 11) is 0. The summed E-state index contributed by atoms with van der Waals surface area (Å²) in [5.41, 5.74) is -0.464. The summed E-state index contributed by atoms with van der Waals surface area (Å²) in [5, 5.41) is 26.0. The molecule has 1 saturated heterocycles. The maximum Gasteiger partial charge on any atom is 0.296 e. The van der Waals surface area contributed by atoms with E-state index >= 15 is 0 Å². The molecule has 2 rings (SSSR count). The minimum absolute atomic E-state index is 0.148. The molecule has 1 atom stereocenters. The first-order valence-corrected chi connectivity index (χ1v) is 6.10. The summed E-state index contributed by atoms with van der Waals surface area (Å²) >= 11 is 0. The molecule has 1 aliphatic rings. The van der Waals surface area contributed by atoms with E-state index in [4.69, 9.17) is 0 Å². The van der Waals surface area contributed by atoms with Crippen LogP contribution < -0.4 is 10.6 Å². The van der Waals surface area contributed by atoms with E-state index in [1.165, 1.54) is 18.2 Å². The molecule has 0 aromatic heterocycles. The molecule has 1 aromatic rings. The summed E-state index contributed by atoms with van der Waals surface area (Å²) < 4.78 is 0. The molecule has 102 valence electrons. The molecule has 7 heteroatoms. The van der Waals surface area contributed by atoms with Gasteiger partial charge < -0.3 is 15.7 Å². The lowest BCUT2D eigenvalue weighted by Crippen LogP contribution is -2.43. The van der Waals surface area contributed by atoms with Crippen molar-refractivity contribution < 1.29 is 14.8 Å². The van der Waals surface area contributed by atoms with Crippen LogP contribution in [0.2, 0.25) is 0 Å². The Morgan fingerprint density at radius 2 is 2.26 bits per heavy atom. The zero-order chi connectivity index (χ0) is 13.8. The van der Waals surface area contributed by atoms with Crippen LogP contribution in [0, 0.1) is 10.1 Å². The van der Waals surface area contributed by atoms with Crippen molar-refractivity contribution in [2.45, 2.75) is 25.3 Å². The van der Waals surface area contributed by atoms with Gasteiger partial charge in [-0.2, -0.15) is 0 Å². The predicted octanol–water partition coefficient (Wildman–Crippen LogP) is 1.38. The van der Waals surface area contributed by atoms with Gasteiger partial charge in [-0.1, -0.05) is 12.5 Å².